The average molecular weight is 441 g/mol. The number of rotatable bonds is 10. The zero-order chi connectivity index (χ0) is 22.1. The first kappa shape index (κ1) is 22.5. The van der Waals surface area contributed by atoms with E-state index in [0.29, 0.717) is 18.6 Å². The van der Waals surface area contributed by atoms with E-state index in [4.69, 9.17) is 13.7 Å². The molecule has 3 aromatic rings. The predicted octanol–water partition coefficient (Wildman–Crippen LogP) is 4.75. The fourth-order valence-electron chi connectivity index (χ4n) is 3.03. The molecule has 3 rings (SSSR count). The normalized spacial score (nSPS) is 12.2. The Balaban J connectivity index is 1.75. The minimum atomic E-state index is -4.29. The molecule has 0 saturated heterocycles. The summed E-state index contributed by atoms with van der Waals surface area (Å²) in [6.07, 6.45) is 0.193. The monoisotopic (exact) mass is 440 g/mol. The lowest BCUT2D eigenvalue weighted by atomic mass is 10.1. The molecule has 3 aromatic carbocycles. The second kappa shape index (κ2) is 10.7. The van der Waals surface area contributed by atoms with E-state index in [1.54, 1.807) is 36.4 Å². The molecular formula is C24H24O6S. The minimum absolute atomic E-state index is 0.113. The summed E-state index contributed by atoms with van der Waals surface area (Å²) in [5.74, 6) is -0.141. The number of carbonyl (C=O) groups excluding carboxylic acids is 1. The molecular weight excluding hydrogens is 416 g/mol. The van der Waals surface area contributed by atoms with Crippen molar-refractivity contribution in [2.24, 2.45) is 0 Å². The van der Waals surface area contributed by atoms with Gasteiger partial charge in [-0.05, 0) is 49.1 Å². The molecule has 0 aromatic heterocycles. The van der Waals surface area contributed by atoms with Gasteiger partial charge < -0.3 is 9.47 Å². The van der Waals surface area contributed by atoms with Gasteiger partial charge in [0, 0.05) is 0 Å². The molecule has 1 atom stereocenters. The third-order valence-electron chi connectivity index (χ3n) is 4.57. The van der Waals surface area contributed by atoms with Crippen LogP contribution in [0.5, 0.6) is 11.5 Å². The summed E-state index contributed by atoms with van der Waals surface area (Å²) in [6.45, 7) is 0. The molecule has 31 heavy (non-hydrogen) atoms. The third kappa shape index (κ3) is 6.41. The molecule has 0 aliphatic carbocycles. The minimum Gasteiger partial charge on any atom is -0.467 e. The van der Waals surface area contributed by atoms with Crippen molar-refractivity contribution >= 4 is 16.1 Å². The molecule has 0 aliphatic heterocycles. The Bertz CT molecular complexity index is 1080. The molecule has 162 valence electrons. The summed E-state index contributed by atoms with van der Waals surface area (Å²) >= 11 is 0. The lowest BCUT2D eigenvalue weighted by Crippen LogP contribution is -2.29. The summed E-state index contributed by atoms with van der Waals surface area (Å²) < 4.78 is 41.8. The number of benzene rings is 3. The Morgan fingerprint density at radius 3 is 2.16 bits per heavy atom. The zero-order valence-electron chi connectivity index (χ0n) is 17.1. The van der Waals surface area contributed by atoms with Crippen LogP contribution in [-0.2, 0) is 30.3 Å². The largest absolute Gasteiger partial charge is 0.467 e. The highest BCUT2D eigenvalue weighted by molar-refractivity contribution is 7.87. The van der Waals surface area contributed by atoms with Crippen molar-refractivity contribution < 1.29 is 26.9 Å². The first-order valence-corrected chi connectivity index (χ1v) is 11.3. The third-order valence-corrected chi connectivity index (χ3v) is 5.93. The first-order valence-electron chi connectivity index (χ1n) is 9.86. The molecule has 0 aliphatic rings. The van der Waals surface area contributed by atoms with Crippen molar-refractivity contribution in [2.45, 2.75) is 30.3 Å². The summed E-state index contributed by atoms with van der Waals surface area (Å²) in [7, 11) is -3.08. The van der Waals surface area contributed by atoms with E-state index in [9.17, 15) is 13.2 Å². The summed E-state index contributed by atoms with van der Waals surface area (Å²) in [4.78, 5) is 12.0. The van der Waals surface area contributed by atoms with E-state index in [1.807, 2.05) is 36.4 Å². The Kier molecular flexibility index (Phi) is 7.81. The highest BCUT2D eigenvalue weighted by atomic mass is 32.2. The van der Waals surface area contributed by atoms with Crippen LogP contribution in [-0.4, -0.2) is 27.6 Å². The van der Waals surface area contributed by atoms with E-state index in [2.05, 4.69) is 0 Å². The van der Waals surface area contributed by atoms with Gasteiger partial charge in [-0.1, -0.05) is 60.7 Å². The van der Waals surface area contributed by atoms with Gasteiger partial charge in [-0.15, -0.1) is 0 Å². The number of hydrogen-bond donors (Lipinski definition) is 0. The maximum absolute atomic E-state index is 13.0. The van der Waals surface area contributed by atoms with Gasteiger partial charge in [0.1, 0.15) is 16.4 Å². The van der Waals surface area contributed by atoms with Crippen molar-refractivity contribution in [3.8, 4) is 11.5 Å². The van der Waals surface area contributed by atoms with Gasteiger partial charge >= 0.3 is 16.1 Å². The van der Waals surface area contributed by atoms with Crippen molar-refractivity contribution in [2.75, 3.05) is 7.11 Å². The van der Waals surface area contributed by atoms with Crippen molar-refractivity contribution in [1.82, 2.24) is 0 Å². The van der Waals surface area contributed by atoms with Crippen LogP contribution in [0, 0.1) is 0 Å². The molecule has 0 fully saturated rings. The average Bonchev–Trinajstić information content (AvgIpc) is 2.79. The van der Waals surface area contributed by atoms with Gasteiger partial charge in [0.15, 0.2) is 6.10 Å². The second-order valence-corrected chi connectivity index (χ2v) is 8.34. The maximum Gasteiger partial charge on any atom is 0.336 e. The Labute approximate surface area is 182 Å². The van der Waals surface area contributed by atoms with Crippen LogP contribution in [0.15, 0.2) is 89.8 Å². The van der Waals surface area contributed by atoms with E-state index < -0.39 is 22.2 Å². The highest BCUT2D eigenvalue weighted by Crippen LogP contribution is 2.30. The molecule has 7 heteroatoms. The number of para-hydroxylation sites is 2. The lowest BCUT2D eigenvalue weighted by molar-refractivity contribution is -0.149. The highest BCUT2D eigenvalue weighted by Gasteiger charge is 2.30. The number of aryl methyl sites for hydroxylation is 1. The summed E-state index contributed by atoms with van der Waals surface area (Å²) in [5, 5.41) is 0. The summed E-state index contributed by atoms with van der Waals surface area (Å²) in [5.41, 5.74) is 1.09. The van der Waals surface area contributed by atoms with Crippen molar-refractivity contribution in [3.05, 3.63) is 90.5 Å². The quantitative estimate of drug-likeness (QED) is 0.334. The van der Waals surface area contributed by atoms with Gasteiger partial charge in [-0.25, -0.2) is 4.79 Å². The van der Waals surface area contributed by atoms with Crippen LogP contribution < -0.4 is 4.74 Å². The SMILES string of the molecule is COC(=O)[C@@H](CCCc1ccccc1)OS(=O)(=O)c1ccccc1Oc1ccccc1. The van der Waals surface area contributed by atoms with Crippen molar-refractivity contribution in [3.63, 3.8) is 0 Å². The zero-order valence-corrected chi connectivity index (χ0v) is 18.0. The first-order chi connectivity index (χ1) is 15.0. The topological polar surface area (TPSA) is 78.9 Å². The van der Waals surface area contributed by atoms with Gasteiger partial charge in [0.25, 0.3) is 0 Å². The number of carbonyl (C=O) groups is 1. The Morgan fingerprint density at radius 1 is 0.871 bits per heavy atom. The van der Waals surface area contributed by atoms with Crippen LogP contribution in [0.1, 0.15) is 18.4 Å². The molecule has 0 saturated carbocycles. The fraction of sp³-hybridized carbons (Fsp3) is 0.208. The van der Waals surface area contributed by atoms with Crippen LogP contribution in [0.25, 0.3) is 0 Å². The smallest absolute Gasteiger partial charge is 0.336 e. The van der Waals surface area contributed by atoms with Gasteiger partial charge in [0.2, 0.25) is 0 Å². The molecule has 0 N–H and O–H groups in total. The second-order valence-electron chi connectivity index (χ2n) is 6.80. The Morgan fingerprint density at radius 2 is 1.48 bits per heavy atom. The molecule has 6 nitrogen and oxygen atoms in total. The molecule has 0 unspecified atom stereocenters. The number of esters is 1. The molecule has 0 amide bonds. The molecule has 0 radical (unpaired) electrons. The molecule has 0 bridgehead atoms. The fourth-order valence-corrected chi connectivity index (χ4v) is 4.22. The Hall–Kier alpha value is -3.16. The summed E-state index contributed by atoms with van der Waals surface area (Å²) in [6, 6.07) is 24.7. The standard InChI is InChI=1S/C24H24O6S/c1-28-24(25)22(17-10-13-19-11-4-2-5-12-19)30-31(26,27)23-18-9-8-16-21(23)29-20-14-6-3-7-15-20/h2-9,11-12,14-16,18,22H,10,13,17H2,1H3/t22-/m1/s1. The van der Waals surface area contributed by atoms with Crippen molar-refractivity contribution in [1.29, 1.82) is 0 Å². The van der Waals surface area contributed by atoms with Crippen LogP contribution in [0.4, 0.5) is 0 Å². The predicted molar refractivity (Wildman–Crippen MR) is 116 cm³/mol. The number of hydrogen-bond acceptors (Lipinski definition) is 6. The van der Waals surface area contributed by atoms with E-state index in [1.165, 1.54) is 19.2 Å². The lowest BCUT2D eigenvalue weighted by Gasteiger charge is -2.17. The van der Waals surface area contributed by atoms with Gasteiger partial charge in [-0.3, -0.25) is 4.18 Å². The van der Waals surface area contributed by atoms with Crippen LogP contribution in [0.3, 0.4) is 0 Å². The van der Waals surface area contributed by atoms with E-state index in [-0.39, 0.29) is 17.1 Å². The maximum atomic E-state index is 13.0. The van der Waals surface area contributed by atoms with E-state index in [0.717, 1.165) is 5.56 Å². The number of methoxy groups -OCH3 is 1. The molecule has 0 spiro atoms. The van der Waals surface area contributed by atoms with Crippen LogP contribution >= 0.6 is 0 Å². The van der Waals surface area contributed by atoms with Gasteiger partial charge in [-0.2, -0.15) is 8.42 Å². The molecule has 0 heterocycles. The van der Waals surface area contributed by atoms with Crippen LogP contribution in [0.2, 0.25) is 0 Å². The van der Waals surface area contributed by atoms with Gasteiger partial charge in [0.05, 0.1) is 7.11 Å². The van der Waals surface area contributed by atoms with E-state index >= 15 is 0 Å². The number of ether oxygens (including phenoxy) is 2.